The first kappa shape index (κ1) is 37.9. The van der Waals surface area contributed by atoms with E-state index in [1.54, 1.807) is 0 Å². The highest BCUT2D eigenvalue weighted by Gasteiger charge is 2.34. The van der Waals surface area contributed by atoms with Crippen molar-refractivity contribution in [3.05, 3.63) is 131 Å². The molecule has 0 radical (unpaired) electrons. The molecular formula is C42H50N2O7. The lowest BCUT2D eigenvalue weighted by Gasteiger charge is -2.39. The van der Waals surface area contributed by atoms with Crippen molar-refractivity contribution in [2.24, 2.45) is 0 Å². The number of unbranched alkanes of at least 4 members (excludes halogenated alkanes) is 2. The van der Waals surface area contributed by atoms with Crippen LogP contribution in [0.1, 0.15) is 91.8 Å². The molecule has 51 heavy (non-hydrogen) atoms. The lowest BCUT2D eigenvalue weighted by molar-refractivity contribution is -0.253. The van der Waals surface area contributed by atoms with Crippen LogP contribution < -0.4 is 5.32 Å². The van der Waals surface area contributed by atoms with Gasteiger partial charge in [-0.3, -0.25) is 14.5 Å². The summed E-state index contributed by atoms with van der Waals surface area (Å²) in [5.74, 6) is -0.859. The number of carboxylic acids is 1. The molecule has 1 aliphatic heterocycles. The minimum Gasteiger partial charge on any atom is -0.481 e. The maximum absolute atomic E-state index is 12.5. The summed E-state index contributed by atoms with van der Waals surface area (Å²) in [5.41, 5.74) is 6.63. The number of ether oxygens (including phenoxy) is 2. The molecule has 0 aliphatic carbocycles. The molecule has 5 rings (SSSR count). The van der Waals surface area contributed by atoms with Gasteiger partial charge < -0.3 is 30.1 Å². The zero-order valence-corrected chi connectivity index (χ0v) is 29.5. The van der Waals surface area contributed by atoms with Crippen LogP contribution in [0.15, 0.2) is 103 Å². The molecule has 1 heterocycles. The van der Waals surface area contributed by atoms with Gasteiger partial charge in [0.1, 0.15) is 0 Å². The Hall–Kier alpha value is -4.38. The van der Waals surface area contributed by atoms with Crippen molar-refractivity contribution >= 4 is 11.9 Å². The monoisotopic (exact) mass is 694 g/mol. The van der Waals surface area contributed by atoms with Gasteiger partial charge >= 0.3 is 5.97 Å². The van der Waals surface area contributed by atoms with Crippen molar-refractivity contribution in [2.75, 3.05) is 13.6 Å². The van der Waals surface area contributed by atoms with Crippen LogP contribution in [0.4, 0.5) is 0 Å². The lowest BCUT2D eigenvalue weighted by atomic mass is 9.97. The van der Waals surface area contributed by atoms with E-state index in [4.69, 9.17) is 14.6 Å². The molecule has 5 unspecified atom stereocenters. The van der Waals surface area contributed by atoms with Gasteiger partial charge in [-0.2, -0.15) is 0 Å². The summed E-state index contributed by atoms with van der Waals surface area (Å²) in [6, 6.07) is 33.5. The van der Waals surface area contributed by atoms with Crippen molar-refractivity contribution in [3.63, 3.8) is 0 Å². The smallest absolute Gasteiger partial charge is 0.303 e. The first-order valence-corrected chi connectivity index (χ1v) is 17.8. The third-order valence-corrected chi connectivity index (χ3v) is 9.68. The van der Waals surface area contributed by atoms with Crippen molar-refractivity contribution < 1.29 is 34.4 Å². The molecule has 4 aromatic rings. The van der Waals surface area contributed by atoms with E-state index in [2.05, 4.69) is 10.2 Å². The zero-order valence-electron chi connectivity index (χ0n) is 29.5. The maximum atomic E-state index is 12.5. The average molecular weight is 695 g/mol. The lowest BCUT2D eigenvalue weighted by Crippen LogP contribution is -2.43. The van der Waals surface area contributed by atoms with Crippen LogP contribution in [0, 0.1) is 0 Å². The summed E-state index contributed by atoms with van der Waals surface area (Å²) in [6.07, 6.45) is 1.40. The second-order valence-electron chi connectivity index (χ2n) is 13.4. The molecule has 0 aromatic heterocycles. The fourth-order valence-electron chi connectivity index (χ4n) is 6.49. The predicted molar refractivity (Wildman–Crippen MR) is 196 cm³/mol. The largest absolute Gasteiger partial charge is 0.481 e. The van der Waals surface area contributed by atoms with Crippen molar-refractivity contribution in [3.8, 4) is 11.1 Å². The molecule has 4 aromatic carbocycles. The number of hydrogen-bond acceptors (Lipinski definition) is 7. The van der Waals surface area contributed by atoms with Gasteiger partial charge in [0, 0.05) is 44.0 Å². The second-order valence-corrected chi connectivity index (χ2v) is 13.4. The average Bonchev–Trinajstić information content (AvgIpc) is 3.16. The molecule has 0 spiro atoms. The van der Waals surface area contributed by atoms with Crippen LogP contribution in [0.25, 0.3) is 11.1 Å². The molecule has 4 N–H and O–H groups in total. The Morgan fingerprint density at radius 1 is 0.843 bits per heavy atom. The highest BCUT2D eigenvalue weighted by molar-refractivity contribution is 5.76. The number of nitrogens with one attached hydrogen (secondary N) is 1. The molecule has 9 nitrogen and oxygen atoms in total. The zero-order chi connectivity index (χ0) is 36.2. The maximum Gasteiger partial charge on any atom is 0.303 e. The number of hydrogen-bond donors (Lipinski definition) is 4. The Labute approximate surface area is 300 Å². The van der Waals surface area contributed by atoms with Crippen LogP contribution in [-0.2, 0) is 32.2 Å². The fraction of sp³-hybridized carbons (Fsp3) is 0.381. The normalized spacial score (nSPS) is 18.6. The number of benzene rings is 4. The third-order valence-electron chi connectivity index (χ3n) is 9.68. The van der Waals surface area contributed by atoms with E-state index in [0.717, 1.165) is 38.9 Å². The minimum atomic E-state index is -0.810. The quantitative estimate of drug-likeness (QED) is 0.0863. The number of nitrogens with zero attached hydrogens (tertiary/aromatic N) is 1. The highest BCUT2D eigenvalue weighted by atomic mass is 16.7. The van der Waals surface area contributed by atoms with Gasteiger partial charge in [-0.25, -0.2) is 0 Å². The Morgan fingerprint density at radius 2 is 1.51 bits per heavy atom. The molecule has 1 aliphatic rings. The summed E-state index contributed by atoms with van der Waals surface area (Å²) < 4.78 is 13.2. The molecule has 5 atom stereocenters. The van der Waals surface area contributed by atoms with E-state index in [1.807, 2.05) is 117 Å². The van der Waals surface area contributed by atoms with Crippen LogP contribution in [0.5, 0.6) is 0 Å². The van der Waals surface area contributed by atoms with E-state index in [-0.39, 0.29) is 37.2 Å². The summed E-state index contributed by atoms with van der Waals surface area (Å²) in [6.45, 7) is 2.98. The first-order chi connectivity index (χ1) is 24.7. The number of carbonyl (C=O) groups excluding carboxylic acids is 1. The number of aliphatic carboxylic acids is 1. The van der Waals surface area contributed by atoms with Crippen LogP contribution in [0.2, 0.25) is 0 Å². The summed E-state index contributed by atoms with van der Waals surface area (Å²) >= 11 is 0. The Kier molecular flexibility index (Phi) is 13.9. The van der Waals surface area contributed by atoms with Crippen molar-refractivity contribution in [2.45, 2.75) is 89.2 Å². The molecule has 0 saturated carbocycles. The van der Waals surface area contributed by atoms with Gasteiger partial charge in [0.15, 0.2) is 6.29 Å². The van der Waals surface area contributed by atoms with Gasteiger partial charge in [0.05, 0.1) is 24.9 Å². The van der Waals surface area contributed by atoms with Gasteiger partial charge in [0.25, 0.3) is 0 Å². The van der Waals surface area contributed by atoms with Crippen molar-refractivity contribution in [1.82, 2.24) is 10.2 Å². The van der Waals surface area contributed by atoms with Gasteiger partial charge in [-0.1, -0.05) is 110 Å². The first-order valence-electron chi connectivity index (χ1n) is 17.8. The van der Waals surface area contributed by atoms with Gasteiger partial charge in [-0.05, 0) is 60.2 Å². The number of amides is 1. The Morgan fingerprint density at radius 3 is 2.22 bits per heavy atom. The second kappa shape index (κ2) is 18.7. The van der Waals surface area contributed by atoms with E-state index in [1.165, 1.54) is 0 Å². The fourth-order valence-corrected chi connectivity index (χ4v) is 6.49. The molecule has 1 saturated heterocycles. The Bertz CT molecular complexity index is 1680. The number of likely N-dealkylation sites (N-methyl/N-ethyl adjacent to an activating group) is 1. The molecule has 1 amide bonds. The topological polar surface area (TPSA) is 129 Å². The number of carboxylic acid groups (broad SMARTS) is 1. The SMILES string of the molecule is CC(C(O)c1ccccc1)N(C)CC1CC(c2ccc(CO)cc2)OC(c2ccc(-c3ccccc3CNC(=O)CCCCCC(=O)O)cc2)O1. The standard InChI is InChI=1S/C42H50N2O7/c1-29(41(49)33-11-5-3-6-12-33)44(2)27-36-25-38(32-19-17-30(28-45)18-20-32)51-42(50-36)34-23-21-31(22-24-34)37-14-10-9-13-35(37)26-43-39(46)15-7-4-8-16-40(47)48/h3,5-6,9-14,17-24,29,36,38,41-42,45,49H,4,7-8,15-16,25-28H2,1-2H3,(H,43,46)(H,47,48). The summed E-state index contributed by atoms with van der Waals surface area (Å²) in [7, 11) is 2.01. The number of rotatable bonds is 17. The Balaban J connectivity index is 1.27. The molecule has 9 heteroatoms. The van der Waals surface area contributed by atoms with E-state index in [0.29, 0.717) is 45.2 Å². The van der Waals surface area contributed by atoms with E-state index in [9.17, 15) is 19.8 Å². The molecule has 270 valence electrons. The number of aliphatic hydroxyl groups is 2. The summed E-state index contributed by atoms with van der Waals surface area (Å²) in [4.78, 5) is 25.3. The molecule has 0 bridgehead atoms. The predicted octanol–water partition coefficient (Wildman–Crippen LogP) is 7.10. The van der Waals surface area contributed by atoms with Crippen LogP contribution in [0.3, 0.4) is 0 Å². The van der Waals surface area contributed by atoms with Gasteiger partial charge in [0.2, 0.25) is 5.91 Å². The molecule has 1 fully saturated rings. The van der Waals surface area contributed by atoms with E-state index >= 15 is 0 Å². The van der Waals surface area contributed by atoms with E-state index < -0.39 is 18.4 Å². The minimum absolute atomic E-state index is 0.0232. The van der Waals surface area contributed by atoms with Crippen LogP contribution >= 0.6 is 0 Å². The third kappa shape index (κ3) is 10.8. The number of aliphatic hydroxyl groups excluding tert-OH is 2. The van der Waals surface area contributed by atoms with Crippen molar-refractivity contribution in [1.29, 1.82) is 0 Å². The highest BCUT2D eigenvalue weighted by Crippen LogP contribution is 2.39. The summed E-state index contributed by atoms with van der Waals surface area (Å²) in [5, 5.41) is 32.5. The van der Waals surface area contributed by atoms with Gasteiger partial charge in [-0.15, -0.1) is 0 Å². The van der Waals surface area contributed by atoms with Crippen LogP contribution in [-0.4, -0.2) is 57.8 Å². The number of carbonyl (C=O) groups is 2. The molecular weight excluding hydrogens is 644 g/mol.